The Balaban J connectivity index is 2.66. The molecule has 1 rings (SSSR count). The molecule has 0 saturated heterocycles. The fourth-order valence-electron chi connectivity index (χ4n) is 4.04. The van der Waals surface area contributed by atoms with Crippen molar-refractivity contribution in [3.63, 3.8) is 0 Å². The Kier molecular flexibility index (Phi) is 13.0. The molecule has 0 aliphatic carbocycles. The summed E-state index contributed by atoms with van der Waals surface area (Å²) in [6, 6.07) is 0. The lowest BCUT2D eigenvalue weighted by Crippen LogP contribution is -2.21. The first-order valence-electron chi connectivity index (χ1n) is 11.5. The number of aliphatic hydroxyl groups excluding tert-OH is 4. The van der Waals surface area contributed by atoms with Gasteiger partial charge >= 0.3 is 5.97 Å². The van der Waals surface area contributed by atoms with Crippen LogP contribution in [0.1, 0.15) is 84.5 Å². The van der Waals surface area contributed by atoms with E-state index in [9.17, 15) is 25.2 Å². The normalized spacial score (nSPS) is 28.1. The monoisotopic (exact) mass is 438 g/mol. The highest BCUT2D eigenvalue weighted by molar-refractivity contribution is 5.69. The third-order valence-corrected chi connectivity index (χ3v) is 5.45. The number of ether oxygens (including phenoxy) is 1. The Morgan fingerprint density at radius 2 is 1.97 bits per heavy atom. The molecule has 0 fully saturated rings. The summed E-state index contributed by atoms with van der Waals surface area (Å²) >= 11 is 0. The summed E-state index contributed by atoms with van der Waals surface area (Å²) < 4.78 is 5.69. The summed E-state index contributed by atoms with van der Waals surface area (Å²) in [5.41, 5.74) is 2.68. The van der Waals surface area contributed by atoms with Gasteiger partial charge in [-0.05, 0) is 65.2 Å². The molecule has 1 aliphatic rings. The van der Waals surface area contributed by atoms with Crippen molar-refractivity contribution in [2.24, 2.45) is 0 Å². The molecule has 178 valence electrons. The van der Waals surface area contributed by atoms with Crippen LogP contribution in [0.5, 0.6) is 0 Å². The second-order valence-corrected chi connectivity index (χ2v) is 9.19. The van der Waals surface area contributed by atoms with E-state index in [2.05, 4.69) is 13.2 Å². The van der Waals surface area contributed by atoms with Crippen LogP contribution in [0.3, 0.4) is 0 Å². The molecule has 6 nitrogen and oxygen atoms in total. The first-order valence-corrected chi connectivity index (χ1v) is 11.5. The quantitative estimate of drug-likeness (QED) is 0.340. The van der Waals surface area contributed by atoms with Gasteiger partial charge in [-0.1, -0.05) is 36.0 Å². The topological polar surface area (TPSA) is 107 Å². The minimum Gasteiger partial charge on any atom is -0.462 e. The van der Waals surface area contributed by atoms with Crippen LogP contribution < -0.4 is 0 Å². The van der Waals surface area contributed by atoms with Gasteiger partial charge in [-0.2, -0.15) is 0 Å². The van der Waals surface area contributed by atoms with E-state index in [1.807, 2.05) is 6.92 Å². The minimum atomic E-state index is -0.633. The Morgan fingerprint density at radius 1 is 1.26 bits per heavy atom. The summed E-state index contributed by atoms with van der Waals surface area (Å²) in [6.45, 7) is 11.7. The van der Waals surface area contributed by atoms with Crippen molar-refractivity contribution < 1.29 is 30.0 Å². The van der Waals surface area contributed by atoms with Gasteiger partial charge in [0.15, 0.2) is 0 Å². The van der Waals surface area contributed by atoms with Gasteiger partial charge in [-0.3, -0.25) is 4.79 Å². The lowest BCUT2D eigenvalue weighted by atomic mass is 9.94. The molecule has 0 aromatic heterocycles. The zero-order valence-corrected chi connectivity index (χ0v) is 19.3. The highest BCUT2D eigenvalue weighted by Crippen LogP contribution is 2.24. The third kappa shape index (κ3) is 13.5. The molecule has 0 aromatic carbocycles. The van der Waals surface area contributed by atoms with Gasteiger partial charge in [0.05, 0.1) is 24.4 Å². The highest BCUT2D eigenvalue weighted by atomic mass is 16.5. The van der Waals surface area contributed by atoms with Crippen LogP contribution in [0.25, 0.3) is 0 Å². The lowest BCUT2D eigenvalue weighted by molar-refractivity contribution is -0.149. The number of hydrogen-bond acceptors (Lipinski definition) is 6. The van der Waals surface area contributed by atoms with E-state index in [0.29, 0.717) is 57.8 Å². The number of aliphatic hydroxyl groups is 4. The maximum atomic E-state index is 12.3. The second-order valence-electron chi connectivity index (χ2n) is 9.19. The number of carbonyl (C=O) groups excluding carboxylic acids is 1. The molecule has 31 heavy (non-hydrogen) atoms. The molecule has 1 heterocycles. The molecule has 0 saturated carbocycles. The van der Waals surface area contributed by atoms with E-state index in [4.69, 9.17) is 4.74 Å². The van der Waals surface area contributed by atoms with Gasteiger partial charge in [-0.25, -0.2) is 0 Å². The molecule has 2 unspecified atom stereocenters. The van der Waals surface area contributed by atoms with Gasteiger partial charge in [0.25, 0.3) is 0 Å². The molecular formula is C25H42O6. The number of hydrogen-bond donors (Lipinski definition) is 4. The van der Waals surface area contributed by atoms with Gasteiger partial charge in [-0.15, -0.1) is 0 Å². The molecule has 0 amide bonds. The summed E-state index contributed by atoms with van der Waals surface area (Å²) in [7, 11) is 0. The van der Waals surface area contributed by atoms with E-state index in [-0.39, 0.29) is 18.5 Å². The maximum Gasteiger partial charge on any atom is 0.306 e. The van der Waals surface area contributed by atoms with Crippen LogP contribution in [-0.4, -0.2) is 56.9 Å². The summed E-state index contributed by atoms with van der Waals surface area (Å²) in [4.78, 5) is 12.3. The van der Waals surface area contributed by atoms with Crippen LogP contribution in [0.2, 0.25) is 0 Å². The standard InChI is InChI=1S/C25H42O6/c1-17(7-5-8-22(28)16-20(4)26)14-24-15-19(3)13-23(29)12-18(2)11-21(27)9-6-10-25(30)31-24/h11,20-24,26-29H,1,3,5-10,12-16H2,2,4H3/b18-11+/t20?,21-,22?,23+,24+/m1/s1. The van der Waals surface area contributed by atoms with E-state index in [1.165, 1.54) is 0 Å². The number of esters is 1. The molecule has 6 heteroatoms. The predicted octanol–water partition coefficient (Wildman–Crippen LogP) is 3.73. The number of cyclic esters (lactones) is 1. The van der Waals surface area contributed by atoms with Crippen molar-refractivity contribution in [1.82, 2.24) is 0 Å². The van der Waals surface area contributed by atoms with E-state index >= 15 is 0 Å². The smallest absolute Gasteiger partial charge is 0.306 e. The molecule has 0 spiro atoms. The number of carbonyl (C=O) groups is 1. The Morgan fingerprint density at radius 3 is 2.65 bits per heavy atom. The average Bonchev–Trinajstić information content (AvgIpc) is 2.59. The molecule has 0 bridgehead atoms. The zero-order valence-electron chi connectivity index (χ0n) is 19.3. The SMILES string of the molecule is C=C(CCCC(O)CC(C)O)C[C@H]1CC(=C)C[C@@H](O)C/C(C)=C/[C@H](O)CCCC(=O)O1. The Labute approximate surface area is 187 Å². The van der Waals surface area contributed by atoms with Gasteiger partial charge in [0, 0.05) is 19.3 Å². The molecular weight excluding hydrogens is 396 g/mol. The van der Waals surface area contributed by atoms with Crippen LogP contribution in [0.15, 0.2) is 36.0 Å². The first-order chi connectivity index (χ1) is 14.5. The van der Waals surface area contributed by atoms with Crippen LogP contribution in [-0.2, 0) is 9.53 Å². The van der Waals surface area contributed by atoms with Crippen molar-refractivity contribution in [1.29, 1.82) is 0 Å². The lowest BCUT2D eigenvalue weighted by Gasteiger charge is -2.22. The second kappa shape index (κ2) is 14.6. The largest absolute Gasteiger partial charge is 0.462 e. The van der Waals surface area contributed by atoms with E-state index in [0.717, 1.165) is 23.1 Å². The molecule has 5 atom stereocenters. The summed E-state index contributed by atoms with van der Waals surface area (Å²) in [6.07, 6.45) is 4.59. The van der Waals surface area contributed by atoms with Crippen LogP contribution in [0, 0.1) is 0 Å². The van der Waals surface area contributed by atoms with E-state index < -0.39 is 24.4 Å². The fourth-order valence-corrected chi connectivity index (χ4v) is 4.04. The van der Waals surface area contributed by atoms with Crippen molar-refractivity contribution in [2.75, 3.05) is 0 Å². The molecule has 0 aromatic rings. The fraction of sp³-hybridized carbons (Fsp3) is 0.720. The average molecular weight is 439 g/mol. The van der Waals surface area contributed by atoms with Crippen molar-refractivity contribution >= 4 is 5.97 Å². The van der Waals surface area contributed by atoms with Crippen molar-refractivity contribution in [2.45, 2.75) is 115 Å². The van der Waals surface area contributed by atoms with E-state index in [1.54, 1.807) is 13.0 Å². The van der Waals surface area contributed by atoms with Crippen LogP contribution >= 0.6 is 0 Å². The first kappa shape index (κ1) is 27.6. The zero-order chi connectivity index (χ0) is 23.4. The van der Waals surface area contributed by atoms with Crippen molar-refractivity contribution in [3.8, 4) is 0 Å². The number of rotatable bonds is 8. The minimum absolute atomic E-state index is 0.244. The molecule has 1 aliphatic heterocycles. The third-order valence-electron chi connectivity index (χ3n) is 5.45. The Hall–Kier alpha value is -1.47. The van der Waals surface area contributed by atoms with Gasteiger partial charge < -0.3 is 25.2 Å². The summed E-state index contributed by atoms with van der Waals surface area (Å²) in [5, 5.41) is 39.7. The maximum absolute atomic E-state index is 12.3. The van der Waals surface area contributed by atoms with Crippen LogP contribution in [0.4, 0.5) is 0 Å². The molecule has 4 N–H and O–H groups in total. The van der Waals surface area contributed by atoms with Crippen molar-refractivity contribution in [3.05, 3.63) is 36.0 Å². The van der Waals surface area contributed by atoms with Gasteiger partial charge in [0.1, 0.15) is 6.10 Å². The summed E-state index contributed by atoms with van der Waals surface area (Å²) in [5.74, 6) is -0.302. The Bertz CT molecular complexity index is 609. The van der Waals surface area contributed by atoms with Gasteiger partial charge in [0.2, 0.25) is 0 Å². The highest BCUT2D eigenvalue weighted by Gasteiger charge is 2.20. The molecule has 0 radical (unpaired) electrons. The predicted molar refractivity (Wildman–Crippen MR) is 122 cm³/mol.